The Bertz CT molecular complexity index is 1130. The molecule has 3 N–H and O–H groups in total. The number of piperidine rings is 1. The van der Waals surface area contributed by atoms with Gasteiger partial charge in [0.1, 0.15) is 5.82 Å². The minimum atomic E-state index is -0.710. The van der Waals surface area contributed by atoms with Crippen molar-refractivity contribution in [1.29, 1.82) is 0 Å². The standard InChI is InChI=1S/C25H27F2N5O2/c26-18-7-5-17(6-8-18)23-20(24(28)33)16-29-25(31-23)30-19-9-10-22(21(27)15-19)34-14-4-13-32-11-2-1-3-12-32/h5-10,15-16H,1-4,11-14H2,(H2,28,33)(H,29,30,31). The first-order valence-electron chi connectivity index (χ1n) is 11.3. The predicted octanol–water partition coefficient (Wildman–Crippen LogP) is 4.52. The predicted molar refractivity (Wildman–Crippen MR) is 126 cm³/mol. The molecule has 1 aliphatic rings. The topological polar surface area (TPSA) is 93.4 Å². The van der Waals surface area contributed by atoms with E-state index < -0.39 is 17.5 Å². The summed E-state index contributed by atoms with van der Waals surface area (Å²) in [6, 6.07) is 10.0. The third-order valence-electron chi connectivity index (χ3n) is 5.68. The van der Waals surface area contributed by atoms with Crippen LogP contribution in [0.15, 0.2) is 48.7 Å². The molecule has 0 bridgehead atoms. The van der Waals surface area contributed by atoms with Crippen LogP contribution in [0.25, 0.3) is 11.3 Å². The van der Waals surface area contributed by atoms with E-state index in [9.17, 15) is 13.6 Å². The van der Waals surface area contributed by atoms with Gasteiger partial charge in [-0.3, -0.25) is 4.79 Å². The maximum atomic E-state index is 14.6. The molecule has 1 aliphatic heterocycles. The molecule has 2 aromatic carbocycles. The molecule has 4 rings (SSSR count). The highest BCUT2D eigenvalue weighted by Crippen LogP contribution is 2.26. The number of nitrogens with one attached hydrogen (secondary N) is 1. The Hall–Kier alpha value is -3.59. The van der Waals surface area contributed by atoms with Crippen molar-refractivity contribution in [2.75, 3.05) is 31.6 Å². The van der Waals surface area contributed by atoms with Crippen LogP contribution in [-0.4, -0.2) is 47.0 Å². The zero-order valence-electron chi connectivity index (χ0n) is 18.8. The first kappa shape index (κ1) is 23.6. The first-order valence-corrected chi connectivity index (χ1v) is 11.3. The molecule has 1 fully saturated rings. The summed E-state index contributed by atoms with van der Waals surface area (Å²) >= 11 is 0. The van der Waals surface area contributed by atoms with Crippen LogP contribution >= 0.6 is 0 Å². The molecule has 1 amide bonds. The second kappa shape index (κ2) is 11.0. The summed E-state index contributed by atoms with van der Waals surface area (Å²) in [6.07, 6.45) is 5.90. The van der Waals surface area contributed by atoms with Crippen molar-refractivity contribution in [2.24, 2.45) is 5.73 Å². The largest absolute Gasteiger partial charge is 0.490 e. The summed E-state index contributed by atoms with van der Waals surface area (Å²) in [4.78, 5) is 22.7. The molecule has 9 heteroatoms. The van der Waals surface area contributed by atoms with Gasteiger partial charge in [-0.25, -0.2) is 18.7 Å². The Morgan fingerprint density at radius 3 is 2.56 bits per heavy atom. The zero-order chi connectivity index (χ0) is 23.9. The molecule has 1 saturated heterocycles. The van der Waals surface area contributed by atoms with Gasteiger partial charge in [0.05, 0.1) is 17.9 Å². The molecule has 0 saturated carbocycles. The van der Waals surface area contributed by atoms with Crippen molar-refractivity contribution in [2.45, 2.75) is 25.7 Å². The molecule has 3 aromatic rings. The lowest BCUT2D eigenvalue weighted by molar-refractivity contribution is 0.100. The molecular formula is C25H27F2N5O2. The number of primary amides is 1. The molecule has 0 radical (unpaired) electrons. The lowest BCUT2D eigenvalue weighted by atomic mass is 10.1. The first-order chi connectivity index (χ1) is 16.5. The van der Waals surface area contributed by atoms with E-state index in [1.165, 1.54) is 55.8 Å². The summed E-state index contributed by atoms with van der Waals surface area (Å²) in [6.45, 7) is 3.65. The van der Waals surface area contributed by atoms with Crippen molar-refractivity contribution in [1.82, 2.24) is 14.9 Å². The molecule has 0 atom stereocenters. The molecule has 1 aromatic heterocycles. The number of likely N-dealkylation sites (tertiary alicyclic amines) is 1. The Morgan fingerprint density at radius 1 is 1.09 bits per heavy atom. The van der Waals surface area contributed by atoms with Crippen LogP contribution in [0.1, 0.15) is 36.0 Å². The third kappa shape index (κ3) is 6.05. The van der Waals surface area contributed by atoms with E-state index in [0.717, 1.165) is 26.1 Å². The quantitative estimate of drug-likeness (QED) is 0.450. The highest BCUT2D eigenvalue weighted by Gasteiger charge is 2.15. The Kier molecular flexibility index (Phi) is 7.64. The molecule has 34 heavy (non-hydrogen) atoms. The second-order valence-corrected chi connectivity index (χ2v) is 8.20. The average Bonchev–Trinajstić information content (AvgIpc) is 2.84. The number of aromatic nitrogens is 2. The molecule has 0 aliphatic carbocycles. The minimum Gasteiger partial charge on any atom is -0.490 e. The summed E-state index contributed by atoms with van der Waals surface area (Å²) in [5.41, 5.74) is 6.69. The van der Waals surface area contributed by atoms with Crippen LogP contribution in [0.3, 0.4) is 0 Å². The van der Waals surface area contributed by atoms with Crippen molar-refractivity contribution in [3.8, 4) is 17.0 Å². The van der Waals surface area contributed by atoms with Gasteiger partial charge in [-0.2, -0.15) is 0 Å². The van der Waals surface area contributed by atoms with E-state index in [-0.39, 0.29) is 23.0 Å². The smallest absolute Gasteiger partial charge is 0.252 e. The number of nitrogens with two attached hydrogens (primary N) is 1. The number of hydrogen-bond acceptors (Lipinski definition) is 6. The molecule has 2 heterocycles. The van der Waals surface area contributed by atoms with Gasteiger partial charge in [0.25, 0.3) is 5.91 Å². The summed E-state index contributed by atoms with van der Waals surface area (Å²) in [5.74, 6) is -1.31. The monoisotopic (exact) mass is 467 g/mol. The van der Waals surface area contributed by atoms with Crippen molar-refractivity contribution >= 4 is 17.5 Å². The van der Waals surface area contributed by atoms with E-state index >= 15 is 0 Å². The lowest BCUT2D eigenvalue weighted by Gasteiger charge is -2.26. The fourth-order valence-corrected chi connectivity index (χ4v) is 3.93. The van der Waals surface area contributed by atoms with Gasteiger partial charge < -0.3 is 20.7 Å². The summed E-state index contributed by atoms with van der Waals surface area (Å²) < 4.78 is 33.5. The number of halogens is 2. The Labute approximate surface area is 197 Å². The van der Waals surface area contributed by atoms with Gasteiger partial charge in [-0.1, -0.05) is 6.42 Å². The number of carbonyl (C=O) groups is 1. The maximum absolute atomic E-state index is 14.6. The molecule has 0 spiro atoms. The number of ether oxygens (including phenoxy) is 1. The van der Waals surface area contributed by atoms with Crippen molar-refractivity contribution < 1.29 is 18.3 Å². The summed E-state index contributed by atoms with van der Waals surface area (Å²) in [5, 5.41) is 2.92. The number of rotatable bonds is 9. The second-order valence-electron chi connectivity index (χ2n) is 8.20. The Morgan fingerprint density at radius 2 is 1.85 bits per heavy atom. The Balaban J connectivity index is 1.41. The van der Waals surface area contributed by atoms with E-state index in [1.54, 1.807) is 12.1 Å². The summed E-state index contributed by atoms with van der Waals surface area (Å²) in [7, 11) is 0. The average molecular weight is 468 g/mol. The van der Waals surface area contributed by atoms with Crippen LogP contribution in [-0.2, 0) is 0 Å². The maximum Gasteiger partial charge on any atom is 0.252 e. The minimum absolute atomic E-state index is 0.0941. The number of amides is 1. The van der Waals surface area contributed by atoms with Crippen LogP contribution in [0, 0.1) is 11.6 Å². The van der Waals surface area contributed by atoms with E-state index in [0.29, 0.717) is 17.9 Å². The lowest BCUT2D eigenvalue weighted by Crippen LogP contribution is -2.31. The van der Waals surface area contributed by atoms with Crippen LogP contribution in [0.4, 0.5) is 20.4 Å². The molecule has 7 nitrogen and oxygen atoms in total. The number of anilines is 2. The molecule has 0 unspecified atom stereocenters. The number of nitrogens with zero attached hydrogens (tertiary/aromatic N) is 3. The SMILES string of the molecule is NC(=O)c1cnc(Nc2ccc(OCCCN3CCCCC3)c(F)c2)nc1-c1ccc(F)cc1. The van der Waals surface area contributed by atoms with Crippen LogP contribution in [0.2, 0.25) is 0 Å². The van der Waals surface area contributed by atoms with Gasteiger partial charge in [0.2, 0.25) is 5.95 Å². The fourth-order valence-electron chi connectivity index (χ4n) is 3.93. The fraction of sp³-hybridized carbons (Fsp3) is 0.320. The van der Waals surface area contributed by atoms with Crippen molar-refractivity contribution in [3.05, 3.63) is 65.9 Å². The van der Waals surface area contributed by atoms with Gasteiger partial charge in [0.15, 0.2) is 11.6 Å². The van der Waals surface area contributed by atoms with E-state index in [1.807, 2.05) is 0 Å². The van der Waals surface area contributed by atoms with Crippen LogP contribution < -0.4 is 15.8 Å². The van der Waals surface area contributed by atoms with Crippen LogP contribution in [0.5, 0.6) is 5.75 Å². The third-order valence-corrected chi connectivity index (χ3v) is 5.68. The van der Waals surface area contributed by atoms with Gasteiger partial charge >= 0.3 is 0 Å². The highest BCUT2D eigenvalue weighted by molar-refractivity contribution is 5.98. The number of benzene rings is 2. The van der Waals surface area contributed by atoms with E-state index in [2.05, 4.69) is 20.2 Å². The van der Waals surface area contributed by atoms with Crippen molar-refractivity contribution in [3.63, 3.8) is 0 Å². The van der Waals surface area contributed by atoms with E-state index in [4.69, 9.17) is 10.5 Å². The van der Waals surface area contributed by atoms with Gasteiger partial charge in [0, 0.05) is 30.1 Å². The number of carbonyl (C=O) groups excluding carboxylic acids is 1. The van der Waals surface area contributed by atoms with Gasteiger partial charge in [-0.05, 0) is 68.8 Å². The van der Waals surface area contributed by atoms with Gasteiger partial charge in [-0.15, -0.1) is 0 Å². The normalized spacial score (nSPS) is 14.1. The zero-order valence-corrected chi connectivity index (χ0v) is 18.8. The number of hydrogen-bond donors (Lipinski definition) is 2. The molecular weight excluding hydrogens is 440 g/mol. The molecule has 178 valence electrons. The highest BCUT2D eigenvalue weighted by atomic mass is 19.1.